The molecule has 1 N–H and O–H groups in total. The number of hydrogen-bond acceptors (Lipinski definition) is 7. The predicted molar refractivity (Wildman–Crippen MR) is 95.3 cm³/mol. The molecule has 1 fully saturated rings. The van der Waals surface area contributed by atoms with E-state index in [9.17, 15) is 0 Å². The van der Waals surface area contributed by atoms with Gasteiger partial charge in [0.15, 0.2) is 0 Å². The fraction of sp³-hybridized carbons (Fsp3) is 0.353. The van der Waals surface area contributed by atoms with Crippen LogP contribution < -0.4 is 5.32 Å². The monoisotopic (exact) mass is 341 g/mol. The van der Waals surface area contributed by atoms with Crippen LogP contribution in [0.1, 0.15) is 11.6 Å². The van der Waals surface area contributed by atoms with Crippen molar-refractivity contribution in [2.24, 2.45) is 0 Å². The molecule has 0 radical (unpaired) electrons. The van der Waals surface area contributed by atoms with Crippen molar-refractivity contribution in [1.29, 1.82) is 0 Å². The molecule has 3 aromatic heterocycles. The zero-order valence-corrected chi connectivity index (χ0v) is 14.1. The molecule has 1 aliphatic rings. The van der Waals surface area contributed by atoms with Crippen LogP contribution in [0.4, 0.5) is 5.82 Å². The topological polar surface area (TPSA) is 63.2 Å². The molecule has 0 saturated carbocycles. The van der Waals surface area contributed by atoms with Crippen molar-refractivity contribution in [1.82, 2.24) is 19.9 Å². The second-order valence-corrected chi connectivity index (χ2v) is 6.50. The minimum atomic E-state index is 0.312. The summed E-state index contributed by atoms with van der Waals surface area (Å²) in [5.74, 6) is 0.857. The van der Waals surface area contributed by atoms with Crippen LogP contribution in [0.3, 0.4) is 0 Å². The zero-order valence-electron chi connectivity index (χ0n) is 13.3. The highest BCUT2D eigenvalue weighted by molar-refractivity contribution is 7.07. The third kappa shape index (κ3) is 3.24. The Morgan fingerprint density at radius 3 is 3.00 bits per heavy atom. The van der Waals surface area contributed by atoms with Gasteiger partial charge in [-0.15, -0.1) is 0 Å². The van der Waals surface area contributed by atoms with Gasteiger partial charge in [-0.3, -0.25) is 9.88 Å². The van der Waals surface area contributed by atoms with Gasteiger partial charge in [0.25, 0.3) is 0 Å². The summed E-state index contributed by atoms with van der Waals surface area (Å²) in [5, 5.41) is 8.87. The van der Waals surface area contributed by atoms with Crippen LogP contribution in [0.5, 0.6) is 0 Å². The number of pyridine rings is 1. The molecule has 4 rings (SSSR count). The predicted octanol–water partition coefficient (Wildman–Crippen LogP) is 2.57. The van der Waals surface area contributed by atoms with Gasteiger partial charge in [-0.2, -0.15) is 11.3 Å². The van der Waals surface area contributed by atoms with E-state index in [0.717, 1.165) is 49.6 Å². The van der Waals surface area contributed by atoms with Crippen LogP contribution in [0.25, 0.3) is 10.9 Å². The average molecular weight is 341 g/mol. The number of aromatic nitrogens is 3. The van der Waals surface area contributed by atoms with Crippen LogP contribution in [0.2, 0.25) is 0 Å². The summed E-state index contributed by atoms with van der Waals surface area (Å²) in [6.45, 7) is 4.30. The number of morpholine rings is 1. The molecule has 3 aromatic rings. The molecular weight excluding hydrogens is 322 g/mol. The second-order valence-electron chi connectivity index (χ2n) is 5.72. The highest BCUT2D eigenvalue weighted by Gasteiger charge is 2.23. The standard InChI is InChI=1S/C17H19N5OS/c1-3-18-9-15-14(1)17(21-12-20-15)19-10-16(13-2-8-24-11-13)22-4-6-23-7-5-22/h1-3,8-9,11-12,16H,4-7,10H2,(H,19,20,21). The lowest BCUT2D eigenvalue weighted by Crippen LogP contribution is -2.41. The van der Waals surface area contributed by atoms with Gasteiger partial charge in [-0.05, 0) is 28.5 Å². The Bertz CT molecular complexity index is 783. The molecular formula is C17H19N5OS. The van der Waals surface area contributed by atoms with Gasteiger partial charge in [0.1, 0.15) is 12.1 Å². The number of rotatable bonds is 5. The maximum atomic E-state index is 5.50. The van der Waals surface area contributed by atoms with E-state index in [1.54, 1.807) is 30.1 Å². The molecule has 0 aliphatic carbocycles. The van der Waals surface area contributed by atoms with Gasteiger partial charge in [-0.25, -0.2) is 9.97 Å². The molecule has 4 heterocycles. The Labute approximate surface area is 144 Å². The Morgan fingerprint density at radius 1 is 1.25 bits per heavy atom. The van der Waals surface area contributed by atoms with Crippen molar-refractivity contribution in [2.75, 3.05) is 38.2 Å². The van der Waals surface area contributed by atoms with E-state index in [1.165, 1.54) is 5.56 Å². The first kappa shape index (κ1) is 15.4. The lowest BCUT2D eigenvalue weighted by molar-refractivity contribution is 0.0188. The van der Waals surface area contributed by atoms with Crippen molar-refractivity contribution < 1.29 is 4.74 Å². The molecule has 0 spiro atoms. The number of ether oxygens (including phenoxy) is 1. The Morgan fingerprint density at radius 2 is 2.17 bits per heavy atom. The molecule has 0 aromatic carbocycles. The Balaban J connectivity index is 1.56. The van der Waals surface area contributed by atoms with E-state index in [0.29, 0.717) is 6.04 Å². The van der Waals surface area contributed by atoms with Gasteiger partial charge in [-0.1, -0.05) is 0 Å². The molecule has 1 aliphatic heterocycles. The first-order valence-electron chi connectivity index (χ1n) is 8.04. The van der Waals surface area contributed by atoms with Gasteiger partial charge in [0, 0.05) is 31.2 Å². The van der Waals surface area contributed by atoms with E-state index in [-0.39, 0.29) is 0 Å². The molecule has 6 nitrogen and oxygen atoms in total. The SMILES string of the molecule is c1cc2c(NCC(c3ccsc3)N3CCOCC3)ncnc2cn1. The summed E-state index contributed by atoms with van der Waals surface area (Å²) in [6, 6.07) is 4.47. The third-order valence-electron chi connectivity index (χ3n) is 4.32. The van der Waals surface area contributed by atoms with Gasteiger partial charge >= 0.3 is 0 Å². The van der Waals surface area contributed by atoms with Crippen LogP contribution >= 0.6 is 11.3 Å². The Hall–Kier alpha value is -2.09. The number of thiophene rings is 1. The largest absolute Gasteiger partial charge is 0.379 e. The fourth-order valence-electron chi connectivity index (χ4n) is 3.05. The molecule has 0 amide bonds. The van der Waals surface area contributed by atoms with Crippen LogP contribution in [0.15, 0.2) is 41.6 Å². The summed E-state index contributed by atoms with van der Waals surface area (Å²) in [6.07, 6.45) is 5.12. The average Bonchev–Trinajstić information content (AvgIpc) is 3.17. The summed E-state index contributed by atoms with van der Waals surface area (Å²) < 4.78 is 5.50. The number of fused-ring (bicyclic) bond motifs is 1. The number of hydrogen-bond donors (Lipinski definition) is 1. The minimum absolute atomic E-state index is 0.312. The number of nitrogens with zero attached hydrogens (tertiary/aromatic N) is 4. The highest BCUT2D eigenvalue weighted by Crippen LogP contribution is 2.25. The zero-order chi connectivity index (χ0) is 16.2. The second kappa shape index (κ2) is 7.21. The molecule has 1 unspecified atom stereocenters. The molecule has 1 atom stereocenters. The molecule has 124 valence electrons. The lowest BCUT2D eigenvalue weighted by Gasteiger charge is -2.34. The first-order chi connectivity index (χ1) is 11.9. The summed E-state index contributed by atoms with van der Waals surface area (Å²) in [5.41, 5.74) is 2.20. The lowest BCUT2D eigenvalue weighted by atomic mass is 10.1. The molecule has 1 saturated heterocycles. The van der Waals surface area contributed by atoms with Crippen molar-refractivity contribution >= 4 is 28.1 Å². The van der Waals surface area contributed by atoms with Gasteiger partial charge < -0.3 is 10.1 Å². The summed E-state index contributed by atoms with van der Waals surface area (Å²) in [7, 11) is 0. The summed E-state index contributed by atoms with van der Waals surface area (Å²) >= 11 is 1.74. The number of nitrogens with one attached hydrogen (secondary N) is 1. The highest BCUT2D eigenvalue weighted by atomic mass is 32.1. The molecule has 0 bridgehead atoms. The molecule has 24 heavy (non-hydrogen) atoms. The normalized spacial score (nSPS) is 17.0. The first-order valence-corrected chi connectivity index (χ1v) is 8.98. The Kier molecular flexibility index (Phi) is 4.64. The van der Waals surface area contributed by atoms with Crippen molar-refractivity contribution in [2.45, 2.75) is 6.04 Å². The van der Waals surface area contributed by atoms with E-state index in [2.05, 4.69) is 42.0 Å². The quantitative estimate of drug-likeness (QED) is 0.769. The van der Waals surface area contributed by atoms with Gasteiger partial charge in [0.2, 0.25) is 0 Å². The van der Waals surface area contributed by atoms with Crippen molar-refractivity contribution in [3.63, 3.8) is 0 Å². The smallest absolute Gasteiger partial charge is 0.137 e. The van der Waals surface area contributed by atoms with Crippen LogP contribution in [-0.4, -0.2) is 52.7 Å². The minimum Gasteiger partial charge on any atom is -0.379 e. The maximum absolute atomic E-state index is 5.50. The van der Waals surface area contributed by atoms with Crippen molar-refractivity contribution in [3.05, 3.63) is 47.2 Å². The summed E-state index contributed by atoms with van der Waals surface area (Å²) in [4.78, 5) is 15.3. The maximum Gasteiger partial charge on any atom is 0.137 e. The van der Waals surface area contributed by atoms with E-state index >= 15 is 0 Å². The third-order valence-corrected chi connectivity index (χ3v) is 5.02. The van der Waals surface area contributed by atoms with Crippen LogP contribution in [-0.2, 0) is 4.74 Å². The fourth-order valence-corrected chi connectivity index (χ4v) is 3.76. The van der Waals surface area contributed by atoms with E-state index in [1.807, 2.05) is 6.07 Å². The molecule has 7 heteroatoms. The van der Waals surface area contributed by atoms with E-state index in [4.69, 9.17) is 4.74 Å². The van der Waals surface area contributed by atoms with Gasteiger partial charge in [0.05, 0.1) is 31.0 Å². The van der Waals surface area contributed by atoms with Crippen LogP contribution in [0, 0.1) is 0 Å². The number of anilines is 1. The van der Waals surface area contributed by atoms with E-state index < -0.39 is 0 Å². The van der Waals surface area contributed by atoms with Crippen molar-refractivity contribution in [3.8, 4) is 0 Å².